The van der Waals surface area contributed by atoms with E-state index in [1.807, 2.05) is 0 Å². The molecule has 28 heavy (non-hydrogen) atoms. The molecule has 0 aliphatic carbocycles. The first-order valence-electron chi connectivity index (χ1n) is 8.50. The summed E-state index contributed by atoms with van der Waals surface area (Å²) in [5.74, 6) is -0.896. The van der Waals surface area contributed by atoms with Crippen LogP contribution in [-0.4, -0.2) is 39.3 Å². The predicted molar refractivity (Wildman–Crippen MR) is 107 cm³/mol. The molecule has 0 unspecified atom stereocenters. The molecule has 1 aromatic carbocycles. The second-order valence-corrected chi connectivity index (χ2v) is 9.73. The number of ether oxygens (including phenoxy) is 2. The van der Waals surface area contributed by atoms with E-state index in [1.54, 1.807) is 31.2 Å². The van der Waals surface area contributed by atoms with E-state index in [1.165, 1.54) is 0 Å². The number of carbonyl (C=O) groups is 2. The summed E-state index contributed by atoms with van der Waals surface area (Å²) in [5.41, 5.74) is 0.850. The smallest absolute Gasteiger partial charge is 0.341 e. The number of halogens is 1. The summed E-state index contributed by atoms with van der Waals surface area (Å²) in [4.78, 5) is 25.3. The number of para-hydroxylation sites is 1. The fourth-order valence-corrected chi connectivity index (χ4v) is 6.04. The Kier molecular flexibility index (Phi) is 6.26. The summed E-state index contributed by atoms with van der Waals surface area (Å²) in [7, 11) is -3.21. The van der Waals surface area contributed by atoms with E-state index < -0.39 is 21.7 Å². The van der Waals surface area contributed by atoms with E-state index in [0.29, 0.717) is 21.2 Å². The highest BCUT2D eigenvalue weighted by Crippen LogP contribution is 2.38. The van der Waals surface area contributed by atoms with E-state index in [0.717, 1.165) is 11.3 Å². The first-order valence-corrected chi connectivity index (χ1v) is 11.5. The molecule has 0 fully saturated rings. The summed E-state index contributed by atoms with van der Waals surface area (Å²) >= 11 is 7.07. The maximum atomic E-state index is 12.4. The molecule has 0 atom stereocenters. The molecular weight excluding hydrogens is 426 g/mol. The van der Waals surface area contributed by atoms with Gasteiger partial charge in [0.15, 0.2) is 16.4 Å². The number of esters is 1. The number of sulfone groups is 1. The predicted octanol–water partition coefficient (Wildman–Crippen LogP) is 3.07. The average Bonchev–Trinajstić information content (AvgIpc) is 2.96. The average molecular weight is 444 g/mol. The zero-order valence-corrected chi connectivity index (χ0v) is 17.4. The van der Waals surface area contributed by atoms with Crippen molar-refractivity contribution in [1.82, 2.24) is 0 Å². The number of benzene rings is 1. The van der Waals surface area contributed by atoms with Gasteiger partial charge in [-0.3, -0.25) is 4.79 Å². The molecule has 1 aliphatic rings. The second kappa shape index (κ2) is 8.50. The summed E-state index contributed by atoms with van der Waals surface area (Å²) < 4.78 is 34.3. The molecule has 1 amide bonds. The highest BCUT2D eigenvalue weighted by Gasteiger charge is 2.32. The van der Waals surface area contributed by atoms with Gasteiger partial charge in [0.25, 0.3) is 5.91 Å². The summed E-state index contributed by atoms with van der Waals surface area (Å²) in [6.45, 7) is 1.54. The maximum absolute atomic E-state index is 12.4. The Morgan fingerprint density at radius 3 is 2.75 bits per heavy atom. The van der Waals surface area contributed by atoms with Crippen LogP contribution in [-0.2, 0) is 31.5 Å². The van der Waals surface area contributed by atoms with Gasteiger partial charge in [-0.2, -0.15) is 0 Å². The van der Waals surface area contributed by atoms with Gasteiger partial charge in [-0.25, -0.2) is 13.2 Å². The van der Waals surface area contributed by atoms with Crippen molar-refractivity contribution in [2.75, 3.05) is 24.3 Å². The first-order chi connectivity index (χ1) is 13.3. The number of anilines is 1. The van der Waals surface area contributed by atoms with Crippen LogP contribution in [0, 0.1) is 0 Å². The minimum absolute atomic E-state index is 0.0356. The Morgan fingerprint density at radius 1 is 1.29 bits per heavy atom. The number of thiophene rings is 1. The second-order valence-electron chi connectivity index (χ2n) is 6.04. The van der Waals surface area contributed by atoms with Crippen LogP contribution in [0.5, 0.6) is 5.75 Å². The van der Waals surface area contributed by atoms with Crippen LogP contribution in [0.1, 0.15) is 27.7 Å². The molecule has 3 rings (SSSR count). The quantitative estimate of drug-likeness (QED) is 0.689. The van der Waals surface area contributed by atoms with Crippen molar-refractivity contribution in [2.45, 2.75) is 19.1 Å². The molecule has 10 heteroatoms. The van der Waals surface area contributed by atoms with Crippen LogP contribution in [0.4, 0.5) is 5.00 Å². The highest BCUT2D eigenvalue weighted by molar-refractivity contribution is 7.90. The van der Waals surface area contributed by atoms with E-state index in [-0.39, 0.29) is 41.7 Å². The molecule has 0 saturated heterocycles. The van der Waals surface area contributed by atoms with Gasteiger partial charge in [0.05, 0.1) is 28.7 Å². The molecule has 0 saturated carbocycles. The van der Waals surface area contributed by atoms with Gasteiger partial charge >= 0.3 is 5.97 Å². The topological polar surface area (TPSA) is 98.8 Å². The first kappa shape index (κ1) is 20.6. The lowest BCUT2D eigenvalue weighted by Gasteiger charge is -2.13. The molecule has 2 aromatic rings. The van der Waals surface area contributed by atoms with Crippen molar-refractivity contribution in [3.05, 3.63) is 45.3 Å². The number of hydrogen-bond acceptors (Lipinski definition) is 7. The van der Waals surface area contributed by atoms with Crippen molar-refractivity contribution >= 4 is 49.7 Å². The van der Waals surface area contributed by atoms with E-state index >= 15 is 0 Å². The number of carbonyl (C=O) groups excluding carboxylic acids is 2. The standard InChI is InChI=1S/C18H18ClNO6S2/c1-2-25-18(22)16-11-7-8-28(23,24)10-14(11)27-17(16)20-15(21)9-26-13-6-4-3-5-12(13)19/h3-6H,2,7-10H2,1H3,(H,20,21). The van der Waals surface area contributed by atoms with Gasteiger partial charge in [-0.05, 0) is 31.0 Å². The summed E-state index contributed by atoms with van der Waals surface area (Å²) in [5, 5.41) is 3.29. The van der Waals surface area contributed by atoms with Gasteiger partial charge in [0, 0.05) is 4.88 Å². The Bertz CT molecular complexity index is 1020. The normalized spacial score (nSPS) is 14.8. The zero-order chi connectivity index (χ0) is 20.3. The van der Waals surface area contributed by atoms with Crippen molar-refractivity contribution in [3.63, 3.8) is 0 Å². The number of nitrogens with one attached hydrogen (secondary N) is 1. The molecule has 2 heterocycles. The third kappa shape index (κ3) is 4.65. The molecule has 1 N–H and O–H groups in total. The van der Waals surface area contributed by atoms with Gasteiger partial charge in [0.2, 0.25) is 0 Å². The molecule has 1 aliphatic heterocycles. The SMILES string of the molecule is CCOC(=O)c1c(NC(=O)COc2ccccc2Cl)sc2c1CCS(=O)(=O)C2. The minimum Gasteiger partial charge on any atom is -0.482 e. The number of fused-ring (bicyclic) bond motifs is 1. The van der Waals surface area contributed by atoms with E-state index in [9.17, 15) is 18.0 Å². The third-order valence-electron chi connectivity index (χ3n) is 4.03. The molecular formula is C18H18ClNO6S2. The monoisotopic (exact) mass is 443 g/mol. The van der Waals surface area contributed by atoms with Gasteiger partial charge in [0.1, 0.15) is 10.8 Å². The van der Waals surface area contributed by atoms with Gasteiger partial charge in [-0.15, -0.1) is 11.3 Å². The van der Waals surface area contributed by atoms with Crippen LogP contribution in [0.3, 0.4) is 0 Å². The van der Waals surface area contributed by atoms with Crippen LogP contribution < -0.4 is 10.1 Å². The Hall–Kier alpha value is -2.10. The summed E-state index contributed by atoms with van der Waals surface area (Å²) in [6, 6.07) is 6.74. The number of rotatable bonds is 6. The summed E-state index contributed by atoms with van der Waals surface area (Å²) in [6.07, 6.45) is 0.217. The number of amides is 1. The van der Waals surface area contributed by atoms with E-state index in [4.69, 9.17) is 21.1 Å². The molecule has 1 aromatic heterocycles. The van der Waals surface area contributed by atoms with Crippen LogP contribution in [0.25, 0.3) is 0 Å². The fraction of sp³-hybridized carbons (Fsp3) is 0.333. The van der Waals surface area contributed by atoms with Crippen molar-refractivity contribution < 1.29 is 27.5 Å². The van der Waals surface area contributed by atoms with Crippen LogP contribution in [0.2, 0.25) is 5.02 Å². The lowest BCUT2D eigenvalue weighted by molar-refractivity contribution is -0.118. The molecule has 0 radical (unpaired) electrons. The number of hydrogen-bond donors (Lipinski definition) is 1. The third-order valence-corrected chi connectivity index (χ3v) is 7.23. The van der Waals surface area contributed by atoms with Crippen molar-refractivity contribution in [2.24, 2.45) is 0 Å². The van der Waals surface area contributed by atoms with Crippen molar-refractivity contribution in [3.8, 4) is 5.75 Å². The highest BCUT2D eigenvalue weighted by atomic mass is 35.5. The zero-order valence-electron chi connectivity index (χ0n) is 15.0. The van der Waals surface area contributed by atoms with Gasteiger partial charge < -0.3 is 14.8 Å². The Labute approximate surface area is 171 Å². The van der Waals surface area contributed by atoms with Crippen LogP contribution in [0.15, 0.2) is 24.3 Å². The Balaban J connectivity index is 1.80. The lowest BCUT2D eigenvalue weighted by atomic mass is 10.1. The molecule has 7 nitrogen and oxygen atoms in total. The van der Waals surface area contributed by atoms with E-state index in [2.05, 4.69) is 5.32 Å². The minimum atomic E-state index is -3.21. The molecule has 150 valence electrons. The Morgan fingerprint density at radius 2 is 2.04 bits per heavy atom. The van der Waals surface area contributed by atoms with Crippen molar-refractivity contribution in [1.29, 1.82) is 0 Å². The molecule has 0 spiro atoms. The molecule has 0 bridgehead atoms. The van der Waals surface area contributed by atoms with Gasteiger partial charge in [-0.1, -0.05) is 23.7 Å². The lowest BCUT2D eigenvalue weighted by Crippen LogP contribution is -2.22. The maximum Gasteiger partial charge on any atom is 0.341 e. The van der Waals surface area contributed by atoms with Crippen LogP contribution >= 0.6 is 22.9 Å². The fourth-order valence-electron chi connectivity index (χ4n) is 2.80. The largest absolute Gasteiger partial charge is 0.482 e.